The number of aliphatic hydroxyl groups is 1. The van der Waals surface area contributed by atoms with Crippen LogP contribution in [-0.2, 0) is 19.1 Å². The van der Waals surface area contributed by atoms with Crippen molar-refractivity contribution in [2.45, 2.75) is 77.5 Å². The largest absolute Gasteiger partial charge is 0.453 e. The van der Waals surface area contributed by atoms with Crippen LogP contribution in [0.5, 0.6) is 0 Å². The van der Waals surface area contributed by atoms with Gasteiger partial charge in [0, 0.05) is 46.2 Å². The van der Waals surface area contributed by atoms with E-state index in [9.17, 15) is 24.3 Å². The highest BCUT2D eigenvalue weighted by Crippen LogP contribution is 2.36. The van der Waals surface area contributed by atoms with E-state index in [-0.39, 0.29) is 35.7 Å². The number of amides is 4. The second-order valence-electron chi connectivity index (χ2n) is 16.1. The summed E-state index contributed by atoms with van der Waals surface area (Å²) in [5.74, 6) is 0.262. The molecule has 2 aliphatic rings. The van der Waals surface area contributed by atoms with Gasteiger partial charge in [0.25, 0.3) is 0 Å². The summed E-state index contributed by atoms with van der Waals surface area (Å²) in [6.07, 6.45) is 4.34. The van der Waals surface area contributed by atoms with Gasteiger partial charge in [-0.3, -0.25) is 14.4 Å². The second-order valence-corrected chi connectivity index (χ2v) is 16.1. The summed E-state index contributed by atoms with van der Waals surface area (Å²) >= 11 is 0. The predicted octanol–water partition coefficient (Wildman–Crippen LogP) is 5.42. The third kappa shape index (κ3) is 7.27. The molecule has 0 radical (unpaired) electrons. The number of nitrogens with zero attached hydrogens (tertiary/aromatic N) is 4. The van der Waals surface area contributed by atoms with E-state index in [1.807, 2.05) is 39.8 Å². The molecule has 304 valence electrons. The predicted molar refractivity (Wildman–Crippen MR) is 218 cm³/mol. The first-order valence-corrected chi connectivity index (χ1v) is 20.0. The smallest absolute Gasteiger partial charge is 0.407 e. The number of aromatic amines is 4. The number of likely N-dealkylation sites (tertiary alicyclic amines) is 2. The molecule has 2 fully saturated rings. The Balaban J connectivity index is 0.995. The second kappa shape index (κ2) is 15.6. The summed E-state index contributed by atoms with van der Waals surface area (Å²) < 4.78 is 4.77. The molecule has 2 aromatic carbocycles. The summed E-state index contributed by atoms with van der Waals surface area (Å²) in [5, 5.41) is 16.7. The van der Waals surface area contributed by atoms with Crippen LogP contribution in [0.3, 0.4) is 0 Å². The molecule has 16 nitrogen and oxygen atoms in total. The normalized spacial score (nSPS) is 18.2. The van der Waals surface area contributed by atoms with Crippen LogP contribution in [0.15, 0.2) is 48.7 Å². The topological polar surface area (TPSA) is 217 Å². The number of alkyl carbamates (subject to hydrolysis) is 1. The Morgan fingerprint density at radius 3 is 2.02 bits per heavy atom. The summed E-state index contributed by atoms with van der Waals surface area (Å²) in [6, 6.07) is 12.6. The molecule has 7 N–H and O–H groups in total. The molecule has 16 heteroatoms. The van der Waals surface area contributed by atoms with Crippen molar-refractivity contribution < 1.29 is 29.0 Å². The number of fused-ring (bicyclic) bond motifs is 3. The molecular weight excluding hydrogens is 741 g/mol. The van der Waals surface area contributed by atoms with E-state index in [0.29, 0.717) is 24.7 Å². The van der Waals surface area contributed by atoms with E-state index in [0.717, 1.165) is 81.2 Å². The van der Waals surface area contributed by atoms with Gasteiger partial charge >= 0.3 is 6.09 Å². The van der Waals surface area contributed by atoms with Crippen LogP contribution < -0.4 is 10.6 Å². The number of ether oxygens (including phenoxy) is 1. The van der Waals surface area contributed by atoms with E-state index < -0.39 is 30.7 Å². The number of hydrogen-bond donors (Lipinski definition) is 7. The fourth-order valence-corrected chi connectivity index (χ4v) is 8.48. The van der Waals surface area contributed by atoms with E-state index in [2.05, 4.69) is 60.9 Å². The van der Waals surface area contributed by atoms with Crippen molar-refractivity contribution in [2.75, 3.05) is 26.8 Å². The average Bonchev–Trinajstić information content (AvgIpc) is 4.06. The molecule has 0 saturated carbocycles. The molecule has 4 aromatic heterocycles. The Hall–Kier alpha value is -6.16. The van der Waals surface area contributed by atoms with Crippen LogP contribution in [0.25, 0.3) is 55.5 Å². The fraction of sp³-hybridized carbons (Fsp3) is 0.429. The molecule has 6 heterocycles. The monoisotopic (exact) mass is 790 g/mol. The van der Waals surface area contributed by atoms with Crippen molar-refractivity contribution in [2.24, 2.45) is 11.8 Å². The lowest BCUT2D eigenvalue weighted by molar-refractivity contribution is -0.139. The maximum Gasteiger partial charge on any atom is 0.407 e. The fourth-order valence-electron chi connectivity index (χ4n) is 8.48. The molecule has 2 aliphatic heterocycles. The standard InChI is InChI=1S/C42H50N10O6/c1-21(2)36(49-35(54)20-53)40(55)52-13-7-9-34(52)39-46-26-11-10-23(15-30(26)47-39)27-16-24-14-25-17-31(45-29(25)18-28(24)44-27)32-19-43-38(48-32)33-8-6-12-51(33)41(56)37(22(3)4)50-42(57)58-5/h10-11,14-19,21-22,33-34,36-37,44-45,53H,6-9,12-13,20H2,1-5H3,(H,43,48)(H,46,47)(H,49,54)(H,50,57). The van der Waals surface area contributed by atoms with Crippen molar-refractivity contribution in [3.05, 3.63) is 60.3 Å². The van der Waals surface area contributed by atoms with Crippen LogP contribution in [0.2, 0.25) is 0 Å². The number of aliphatic hydroxyl groups excluding tert-OH is 1. The number of imidazole rings is 2. The van der Waals surface area contributed by atoms with Crippen LogP contribution >= 0.6 is 0 Å². The lowest BCUT2D eigenvalue weighted by Gasteiger charge is -2.30. The van der Waals surface area contributed by atoms with Crippen molar-refractivity contribution in [3.8, 4) is 22.6 Å². The maximum absolute atomic E-state index is 13.6. The van der Waals surface area contributed by atoms with Gasteiger partial charge < -0.3 is 50.2 Å². The van der Waals surface area contributed by atoms with Gasteiger partial charge in [0.05, 0.1) is 47.8 Å². The summed E-state index contributed by atoms with van der Waals surface area (Å²) in [5.41, 5.74) is 7.22. The van der Waals surface area contributed by atoms with E-state index in [1.165, 1.54) is 7.11 Å². The molecule has 4 amide bonds. The Labute approximate surface area is 334 Å². The quantitative estimate of drug-likeness (QED) is 0.0897. The molecule has 0 aliphatic carbocycles. The molecule has 2 saturated heterocycles. The first-order chi connectivity index (χ1) is 27.9. The van der Waals surface area contributed by atoms with E-state index in [4.69, 9.17) is 14.7 Å². The van der Waals surface area contributed by atoms with Gasteiger partial charge in [-0.05, 0) is 73.9 Å². The number of H-pyrrole nitrogens is 4. The van der Waals surface area contributed by atoms with Gasteiger partial charge in [-0.25, -0.2) is 14.8 Å². The Morgan fingerprint density at radius 1 is 0.759 bits per heavy atom. The first kappa shape index (κ1) is 38.7. The van der Waals surface area contributed by atoms with Gasteiger partial charge in [-0.1, -0.05) is 33.8 Å². The summed E-state index contributed by atoms with van der Waals surface area (Å²) in [4.78, 5) is 78.4. The highest BCUT2D eigenvalue weighted by Gasteiger charge is 2.39. The van der Waals surface area contributed by atoms with Crippen LogP contribution in [-0.4, -0.2) is 108 Å². The molecule has 4 atom stereocenters. The molecule has 58 heavy (non-hydrogen) atoms. The number of benzene rings is 2. The minimum Gasteiger partial charge on any atom is -0.453 e. The van der Waals surface area contributed by atoms with E-state index >= 15 is 0 Å². The zero-order chi connectivity index (χ0) is 40.8. The van der Waals surface area contributed by atoms with Crippen molar-refractivity contribution in [1.29, 1.82) is 0 Å². The third-order valence-electron chi connectivity index (χ3n) is 11.5. The lowest BCUT2D eigenvalue weighted by Crippen LogP contribution is -2.51. The van der Waals surface area contributed by atoms with Gasteiger partial charge in [0.2, 0.25) is 17.7 Å². The van der Waals surface area contributed by atoms with Crippen LogP contribution in [0.1, 0.15) is 77.1 Å². The molecule has 8 rings (SSSR count). The van der Waals surface area contributed by atoms with Crippen molar-refractivity contribution >= 4 is 56.7 Å². The average molecular weight is 791 g/mol. The van der Waals surface area contributed by atoms with Gasteiger partial charge in [-0.15, -0.1) is 0 Å². The molecule has 4 unspecified atom stereocenters. The summed E-state index contributed by atoms with van der Waals surface area (Å²) in [6.45, 7) is 8.03. The highest BCUT2D eigenvalue weighted by molar-refractivity contribution is 6.00. The Morgan fingerprint density at radius 2 is 1.38 bits per heavy atom. The Kier molecular flexibility index (Phi) is 10.4. The number of hydrogen-bond acceptors (Lipinski definition) is 8. The van der Waals surface area contributed by atoms with Gasteiger partial charge in [0.15, 0.2) is 0 Å². The Bertz CT molecular complexity index is 2460. The van der Waals surface area contributed by atoms with Crippen molar-refractivity contribution in [1.82, 2.24) is 50.3 Å². The number of rotatable bonds is 11. The van der Waals surface area contributed by atoms with E-state index in [1.54, 1.807) is 16.0 Å². The number of aromatic nitrogens is 6. The first-order valence-electron chi connectivity index (χ1n) is 20.0. The SMILES string of the molecule is COC(=O)NC(C(=O)N1CCCC1c1ncc(-c2cc3cc4cc(-c5ccc6nc(C7CCCN7C(=O)C(NC(=O)CO)C(C)C)[nH]c6c5)[nH]c4cc3[nH]2)[nH]1)C(C)C. The van der Waals surface area contributed by atoms with Gasteiger partial charge in [0.1, 0.15) is 30.3 Å². The molecule has 6 aromatic rings. The van der Waals surface area contributed by atoms with Crippen molar-refractivity contribution in [3.63, 3.8) is 0 Å². The number of nitrogens with one attached hydrogen (secondary N) is 6. The molecule has 0 bridgehead atoms. The third-order valence-corrected chi connectivity index (χ3v) is 11.5. The van der Waals surface area contributed by atoms with Crippen LogP contribution in [0, 0.1) is 11.8 Å². The van der Waals surface area contributed by atoms with Crippen LogP contribution in [0.4, 0.5) is 4.79 Å². The molecule has 0 spiro atoms. The number of methoxy groups -OCH3 is 1. The number of carbonyl (C=O) groups is 4. The van der Waals surface area contributed by atoms with Gasteiger partial charge in [-0.2, -0.15) is 0 Å². The lowest BCUT2D eigenvalue weighted by atomic mass is 10.0. The molecular formula is C42H50N10O6. The highest BCUT2D eigenvalue weighted by atomic mass is 16.5. The zero-order valence-electron chi connectivity index (χ0n) is 33.3. The summed E-state index contributed by atoms with van der Waals surface area (Å²) in [7, 11) is 1.29. The number of carbonyl (C=O) groups excluding carboxylic acids is 4. The minimum absolute atomic E-state index is 0.115. The minimum atomic E-state index is -0.732. The maximum atomic E-state index is 13.6. The zero-order valence-corrected chi connectivity index (χ0v) is 33.3.